The number of amides is 2. The molecule has 2 atom stereocenters. The summed E-state index contributed by atoms with van der Waals surface area (Å²) in [6.07, 6.45) is 1.93. The Morgan fingerprint density at radius 1 is 1.14 bits per heavy atom. The van der Waals surface area contributed by atoms with Gasteiger partial charge in [-0.25, -0.2) is 0 Å². The Morgan fingerprint density at radius 2 is 1.81 bits per heavy atom. The Labute approximate surface area is 218 Å². The predicted octanol–water partition coefficient (Wildman–Crippen LogP) is 2.47. The standard InChI is InChI=1S/C25H26N2O8S2/c1-14(28)35-13-21-19-9-15(3-5-17(19)18-6-4-16(10-20(18)21)37(32,33)34)26-24(30)7-8-27-12-22(29)23(36-2)11-25(27)31/h3-6,9-10,21,23H,7-8,11-13H2,1-2H3,(H,26,30)(H,32,33,34). The number of rotatable bonds is 8. The van der Waals surface area contributed by atoms with E-state index in [1.807, 2.05) is 0 Å². The van der Waals surface area contributed by atoms with Crippen molar-refractivity contribution in [3.8, 4) is 11.1 Å². The molecular formula is C25H26N2O8S2. The fourth-order valence-corrected chi connectivity index (χ4v) is 5.78. The van der Waals surface area contributed by atoms with E-state index in [0.717, 1.165) is 16.7 Å². The van der Waals surface area contributed by atoms with Crippen LogP contribution in [0.15, 0.2) is 41.3 Å². The minimum Gasteiger partial charge on any atom is -0.465 e. The van der Waals surface area contributed by atoms with E-state index in [2.05, 4.69) is 5.32 Å². The molecule has 1 aliphatic carbocycles. The third kappa shape index (κ3) is 5.86. The summed E-state index contributed by atoms with van der Waals surface area (Å²) in [6, 6.07) is 9.45. The van der Waals surface area contributed by atoms with Gasteiger partial charge >= 0.3 is 5.97 Å². The summed E-state index contributed by atoms with van der Waals surface area (Å²) in [4.78, 5) is 49.7. The maximum Gasteiger partial charge on any atom is 0.302 e. The highest BCUT2D eigenvalue weighted by Gasteiger charge is 2.33. The average molecular weight is 547 g/mol. The molecule has 0 saturated carbocycles. The smallest absolute Gasteiger partial charge is 0.302 e. The van der Waals surface area contributed by atoms with Crippen molar-refractivity contribution < 1.29 is 36.9 Å². The number of piperidine rings is 1. The fraction of sp³-hybridized carbons (Fsp3) is 0.360. The SMILES string of the molecule is CSC1CC(=O)N(CCC(=O)Nc2ccc3c(c2)C(COC(C)=O)c2cc(S(=O)(=O)O)ccc2-3)CC1=O. The maximum atomic E-state index is 12.6. The normalized spacial score (nSPS) is 18.8. The Kier molecular flexibility index (Phi) is 7.72. The zero-order valence-electron chi connectivity index (χ0n) is 20.2. The summed E-state index contributed by atoms with van der Waals surface area (Å²) in [5, 5.41) is 2.46. The second kappa shape index (κ2) is 10.6. The molecule has 10 nitrogen and oxygen atoms in total. The van der Waals surface area contributed by atoms with Gasteiger partial charge in [0, 0.05) is 37.9 Å². The largest absolute Gasteiger partial charge is 0.465 e. The van der Waals surface area contributed by atoms with E-state index in [4.69, 9.17) is 4.74 Å². The van der Waals surface area contributed by atoms with Gasteiger partial charge in [0.15, 0.2) is 5.78 Å². The van der Waals surface area contributed by atoms with Gasteiger partial charge in [0.25, 0.3) is 10.1 Å². The van der Waals surface area contributed by atoms with E-state index in [-0.39, 0.29) is 60.3 Å². The molecule has 2 unspecified atom stereocenters. The van der Waals surface area contributed by atoms with Crippen LogP contribution in [0.1, 0.15) is 36.8 Å². The summed E-state index contributed by atoms with van der Waals surface area (Å²) >= 11 is 1.35. The van der Waals surface area contributed by atoms with E-state index in [9.17, 15) is 32.1 Å². The van der Waals surface area contributed by atoms with Crippen LogP contribution in [0.4, 0.5) is 5.69 Å². The van der Waals surface area contributed by atoms with E-state index in [1.165, 1.54) is 35.7 Å². The molecule has 0 bridgehead atoms. The van der Waals surface area contributed by atoms with Crippen molar-refractivity contribution in [2.45, 2.75) is 35.8 Å². The third-order valence-corrected chi connectivity index (χ3v) is 8.31. The van der Waals surface area contributed by atoms with E-state index in [0.29, 0.717) is 11.3 Å². The van der Waals surface area contributed by atoms with Gasteiger partial charge in [0.1, 0.15) is 6.61 Å². The van der Waals surface area contributed by atoms with Crippen LogP contribution in [-0.4, -0.2) is 72.6 Å². The first-order valence-corrected chi connectivity index (χ1v) is 14.2. The number of thioether (sulfide) groups is 1. The molecule has 0 spiro atoms. The average Bonchev–Trinajstić information content (AvgIpc) is 3.14. The number of likely N-dealkylation sites (tertiary alicyclic amines) is 1. The molecule has 1 aliphatic heterocycles. The molecule has 12 heteroatoms. The van der Waals surface area contributed by atoms with Gasteiger partial charge < -0.3 is 15.0 Å². The molecule has 37 heavy (non-hydrogen) atoms. The van der Waals surface area contributed by atoms with Gasteiger partial charge in [-0.1, -0.05) is 12.1 Å². The van der Waals surface area contributed by atoms with Gasteiger partial charge in [-0.15, -0.1) is 0 Å². The number of carbonyl (C=O) groups excluding carboxylic acids is 4. The zero-order valence-corrected chi connectivity index (χ0v) is 21.9. The first-order valence-electron chi connectivity index (χ1n) is 11.5. The van der Waals surface area contributed by atoms with Crippen LogP contribution in [0.5, 0.6) is 0 Å². The van der Waals surface area contributed by atoms with Crippen molar-refractivity contribution in [1.82, 2.24) is 4.90 Å². The van der Waals surface area contributed by atoms with Crippen molar-refractivity contribution in [2.24, 2.45) is 0 Å². The van der Waals surface area contributed by atoms with Crippen molar-refractivity contribution in [1.29, 1.82) is 0 Å². The lowest BCUT2D eigenvalue weighted by molar-refractivity contribution is -0.141. The molecule has 4 rings (SSSR count). The lowest BCUT2D eigenvalue weighted by atomic mass is 9.97. The predicted molar refractivity (Wildman–Crippen MR) is 137 cm³/mol. The number of nitrogens with zero attached hydrogens (tertiary/aromatic N) is 1. The topological polar surface area (TPSA) is 147 Å². The minimum atomic E-state index is -4.43. The lowest BCUT2D eigenvalue weighted by Crippen LogP contribution is -2.47. The molecule has 1 fully saturated rings. The molecule has 2 amide bonds. The first-order chi connectivity index (χ1) is 17.5. The molecule has 196 valence electrons. The Bertz CT molecular complexity index is 1390. The maximum absolute atomic E-state index is 12.6. The van der Waals surface area contributed by atoms with Crippen LogP contribution < -0.4 is 5.32 Å². The molecule has 1 saturated heterocycles. The Balaban J connectivity index is 1.50. The summed E-state index contributed by atoms with van der Waals surface area (Å²) in [6.45, 7) is 1.34. The number of carbonyl (C=O) groups is 4. The number of ether oxygens (including phenoxy) is 1. The second-order valence-electron chi connectivity index (χ2n) is 8.89. The van der Waals surface area contributed by atoms with Crippen molar-refractivity contribution >= 4 is 51.1 Å². The zero-order chi connectivity index (χ0) is 26.9. The molecule has 2 N–H and O–H groups in total. The Morgan fingerprint density at radius 3 is 2.46 bits per heavy atom. The van der Waals surface area contributed by atoms with Crippen LogP contribution in [0, 0.1) is 0 Å². The highest BCUT2D eigenvalue weighted by atomic mass is 32.2. The van der Waals surface area contributed by atoms with Crippen LogP contribution >= 0.6 is 11.8 Å². The highest BCUT2D eigenvalue weighted by molar-refractivity contribution is 8.00. The second-order valence-corrected chi connectivity index (χ2v) is 11.4. The number of hydrogen-bond acceptors (Lipinski definition) is 8. The summed E-state index contributed by atoms with van der Waals surface area (Å²) in [5.41, 5.74) is 3.29. The van der Waals surface area contributed by atoms with Crippen LogP contribution in [0.2, 0.25) is 0 Å². The molecule has 0 aromatic heterocycles. The van der Waals surface area contributed by atoms with Crippen molar-refractivity contribution in [3.05, 3.63) is 47.5 Å². The Hall–Kier alpha value is -3.22. The number of nitrogens with one attached hydrogen (secondary N) is 1. The van der Waals surface area contributed by atoms with Gasteiger partial charge in [-0.3, -0.25) is 23.7 Å². The first kappa shape index (κ1) is 26.8. The lowest BCUT2D eigenvalue weighted by Gasteiger charge is -2.29. The van der Waals surface area contributed by atoms with E-state index < -0.39 is 22.0 Å². The van der Waals surface area contributed by atoms with E-state index in [1.54, 1.807) is 30.5 Å². The highest BCUT2D eigenvalue weighted by Crippen LogP contribution is 2.46. The molecule has 0 radical (unpaired) electrons. The van der Waals surface area contributed by atoms with Gasteiger partial charge in [0.05, 0.1) is 16.7 Å². The van der Waals surface area contributed by atoms with Gasteiger partial charge in [-0.2, -0.15) is 20.2 Å². The van der Waals surface area contributed by atoms with E-state index >= 15 is 0 Å². The third-order valence-electron chi connectivity index (χ3n) is 6.46. The number of anilines is 1. The molecule has 2 aliphatic rings. The quantitative estimate of drug-likeness (QED) is 0.376. The summed E-state index contributed by atoms with van der Waals surface area (Å²) in [7, 11) is -4.43. The minimum absolute atomic E-state index is 0.00188. The molecule has 1 heterocycles. The number of hydrogen-bond donors (Lipinski definition) is 2. The summed E-state index contributed by atoms with van der Waals surface area (Å²) < 4.78 is 38.1. The molecule has 2 aromatic rings. The molecule has 2 aromatic carbocycles. The van der Waals surface area contributed by atoms with Gasteiger partial charge in [-0.05, 0) is 52.8 Å². The molecular weight excluding hydrogens is 520 g/mol. The number of ketones is 1. The van der Waals surface area contributed by atoms with Crippen LogP contribution in [0.25, 0.3) is 11.1 Å². The van der Waals surface area contributed by atoms with Crippen molar-refractivity contribution in [2.75, 3.05) is 31.3 Å². The van der Waals surface area contributed by atoms with Crippen LogP contribution in [0.3, 0.4) is 0 Å². The summed E-state index contributed by atoms with van der Waals surface area (Å²) in [5.74, 6) is -1.53. The number of esters is 1. The van der Waals surface area contributed by atoms with Gasteiger partial charge in [0.2, 0.25) is 11.8 Å². The fourth-order valence-electron chi connectivity index (χ4n) is 4.61. The number of fused-ring (bicyclic) bond motifs is 3. The monoisotopic (exact) mass is 546 g/mol. The number of Topliss-reactive ketones (excluding diaryl/α,β-unsaturated/α-hetero) is 1. The number of benzene rings is 2. The van der Waals surface area contributed by atoms with Crippen LogP contribution in [-0.2, 0) is 34.0 Å². The van der Waals surface area contributed by atoms with Crippen molar-refractivity contribution in [3.63, 3.8) is 0 Å².